The standard InChI is InChI=1S/C14H16ClN3O2S/c1-2-18(10-11-4-3-5-12(15)8-11)21(19,20)13-6-7-14(16)17-9-13/h3-9H,2,10H2,1H3,(H2,16,17). The van der Waals surface area contributed by atoms with Crippen LogP contribution in [0.3, 0.4) is 0 Å². The van der Waals surface area contributed by atoms with E-state index in [1.54, 1.807) is 25.1 Å². The molecule has 0 bridgehead atoms. The first-order valence-electron chi connectivity index (χ1n) is 6.39. The van der Waals surface area contributed by atoms with Gasteiger partial charge in [0.25, 0.3) is 0 Å². The summed E-state index contributed by atoms with van der Waals surface area (Å²) in [6.45, 7) is 2.38. The molecule has 0 aliphatic heterocycles. The number of hydrogen-bond acceptors (Lipinski definition) is 4. The summed E-state index contributed by atoms with van der Waals surface area (Å²) in [6, 6.07) is 10.1. The van der Waals surface area contributed by atoms with Gasteiger partial charge in [-0.2, -0.15) is 4.31 Å². The highest BCUT2D eigenvalue weighted by atomic mass is 35.5. The van der Waals surface area contributed by atoms with Gasteiger partial charge in [-0.05, 0) is 29.8 Å². The second-order valence-electron chi connectivity index (χ2n) is 4.48. The van der Waals surface area contributed by atoms with E-state index in [0.717, 1.165) is 5.56 Å². The lowest BCUT2D eigenvalue weighted by Gasteiger charge is -2.20. The number of rotatable bonds is 5. The zero-order chi connectivity index (χ0) is 15.5. The number of nitrogens with two attached hydrogens (primary N) is 1. The Morgan fingerprint density at radius 2 is 2.05 bits per heavy atom. The molecule has 0 aliphatic carbocycles. The SMILES string of the molecule is CCN(Cc1cccc(Cl)c1)S(=O)(=O)c1ccc(N)nc1. The number of pyridine rings is 1. The first kappa shape index (κ1) is 15.8. The van der Waals surface area contributed by atoms with E-state index < -0.39 is 10.0 Å². The van der Waals surface area contributed by atoms with Gasteiger partial charge in [0, 0.05) is 24.3 Å². The summed E-state index contributed by atoms with van der Waals surface area (Å²) < 4.78 is 26.5. The molecule has 112 valence electrons. The van der Waals surface area contributed by atoms with E-state index in [2.05, 4.69) is 4.98 Å². The Kier molecular flexibility index (Phi) is 4.82. The van der Waals surface area contributed by atoms with Gasteiger partial charge in [-0.25, -0.2) is 13.4 Å². The van der Waals surface area contributed by atoms with E-state index in [4.69, 9.17) is 17.3 Å². The van der Waals surface area contributed by atoms with Crippen molar-refractivity contribution in [2.45, 2.75) is 18.4 Å². The number of aromatic nitrogens is 1. The number of sulfonamides is 1. The Balaban J connectivity index is 2.29. The molecule has 0 amide bonds. The van der Waals surface area contributed by atoms with Gasteiger partial charge < -0.3 is 5.73 Å². The lowest BCUT2D eigenvalue weighted by atomic mass is 10.2. The molecule has 1 aromatic carbocycles. The van der Waals surface area contributed by atoms with Gasteiger partial charge in [-0.3, -0.25) is 0 Å². The quantitative estimate of drug-likeness (QED) is 0.916. The molecular formula is C14H16ClN3O2S. The summed E-state index contributed by atoms with van der Waals surface area (Å²) in [5, 5.41) is 0.579. The molecule has 0 atom stereocenters. The third kappa shape index (κ3) is 3.72. The zero-order valence-electron chi connectivity index (χ0n) is 11.5. The van der Waals surface area contributed by atoms with Crippen LogP contribution in [0.1, 0.15) is 12.5 Å². The highest BCUT2D eigenvalue weighted by Crippen LogP contribution is 2.19. The molecule has 0 unspecified atom stereocenters. The number of benzene rings is 1. The fourth-order valence-electron chi connectivity index (χ4n) is 1.90. The molecule has 2 aromatic rings. The van der Waals surface area contributed by atoms with Crippen LogP contribution >= 0.6 is 11.6 Å². The number of anilines is 1. The largest absolute Gasteiger partial charge is 0.384 e. The topological polar surface area (TPSA) is 76.3 Å². The van der Waals surface area contributed by atoms with Crippen molar-refractivity contribution in [1.29, 1.82) is 0 Å². The number of hydrogen-bond donors (Lipinski definition) is 1. The molecule has 0 saturated carbocycles. The van der Waals surface area contributed by atoms with Crippen LogP contribution in [0.5, 0.6) is 0 Å². The Hall–Kier alpha value is -1.63. The summed E-state index contributed by atoms with van der Waals surface area (Å²) in [5.74, 6) is 0.284. The molecular weight excluding hydrogens is 310 g/mol. The van der Waals surface area contributed by atoms with E-state index in [1.165, 1.54) is 22.6 Å². The molecule has 21 heavy (non-hydrogen) atoms. The molecule has 0 radical (unpaired) electrons. The summed E-state index contributed by atoms with van der Waals surface area (Å²) in [7, 11) is -3.61. The Bertz CT molecular complexity index is 717. The third-order valence-electron chi connectivity index (χ3n) is 3.00. The third-order valence-corrected chi connectivity index (χ3v) is 5.14. The van der Waals surface area contributed by atoms with E-state index in [1.807, 2.05) is 6.07 Å². The zero-order valence-corrected chi connectivity index (χ0v) is 13.1. The molecule has 0 saturated heterocycles. The van der Waals surface area contributed by atoms with Crippen LogP contribution in [0.15, 0.2) is 47.5 Å². The summed E-state index contributed by atoms with van der Waals surface area (Å²) in [4.78, 5) is 3.96. The maximum atomic E-state index is 12.6. The molecule has 0 spiro atoms. The number of nitrogens with zero attached hydrogens (tertiary/aromatic N) is 2. The average molecular weight is 326 g/mol. The predicted molar refractivity (Wildman–Crippen MR) is 83.4 cm³/mol. The first-order chi connectivity index (χ1) is 9.93. The fourth-order valence-corrected chi connectivity index (χ4v) is 3.49. The Morgan fingerprint density at radius 3 is 2.62 bits per heavy atom. The van der Waals surface area contributed by atoms with E-state index in [9.17, 15) is 8.42 Å². The van der Waals surface area contributed by atoms with Crippen LogP contribution in [-0.4, -0.2) is 24.3 Å². The minimum absolute atomic E-state index is 0.126. The number of nitrogen functional groups attached to an aromatic ring is 1. The lowest BCUT2D eigenvalue weighted by Crippen LogP contribution is -2.30. The van der Waals surface area contributed by atoms with Crippen LogP contribution in [0.2, 0.25) is 5.02 Å². The summed E-state index contributed by atoms with van der Waals surface area (Å²) in [5.41, 5.74) is 6.31. The highest BCUT2D eigenvalue weighted by Gasteiger charge is 2.23. The Morgan fingerprint density at radius 1 is 1.29 bits per heavy atom. The van der Waals surface area contributed by atoms with Gasteiger partial charge in [0.15, 0.2) is 0 Å². The summed E-state index contributed by atoms with van der Waals surface area (Å²) in [6.07, 6.45) is 1.27. The van der Waals surface area contributed by atoms with Gasteiger partial charge in [0.1, 0.15) is 10.7 Å². The molecule has 2 rings (SSSR count). The predicted octanol–water partition coefficient (Wildman–Crippen LogP) is 2.53. The second kappa shape index (κ2) is 6.43. The van der Waals surface area contributed by atoms with Crippen molar-refractivity contribution in [3.8, 4) is 0 Å². The van der Waals surface area contributed by atoms with Crippen LogP contribution < -0.4 is 5.73 Å². The molecule has 5 nitrogen and oxygen atoms in total. The van der Waals surface area contributed by atoms with Crippen molar-refractivity contribution in [1.82, 2.24) is 9.29 Å². The molecule has 1 heterocycles. The van der Waals surface area contributed by atoms with Gasteiger partial charge in [0.05, 0.1) is 0 Å². The maximum absolute atomic E-state index is 12.6. The molecule has 7 heteroatoms. The second-order valence-corrected chi connectivity index (χ2v) is 6.85. The lowest BCUT2D eigenvalue weighted by molar-refractivity contribution is 0.423. The molecule has 0 aliphatic rings. The monoisotopic (exact) mass is 325 g/mol. The normalized spacial score (nSPS) is 11.8. The van der Waals surface area contributed by atoms with Gasteiger partial charge in [0.2, 0.25) is 10.0 Å². The fraction of sp³-hybridized carbons (Fsp3) is 0.214. The maximum Gasteiger partial charge on any atom is 0.244 e. The van der Waals surface area contributed by atoms with Crippen molar-refractivity contribution < 1.29 is 8.42 Å². The summed E-state index contributed by atoms with van der Waals surface area (Å²) >= 11 is 5.93. The van der Waals surface area contributed by atoms with Gasteiger partial charge in [-0.15, -0.1) is 0 Å². The number of halogens is 1. The van der Waals surface area contributed by atoms with Crippen LogP contribution in [0.4, 0.5) is 5.82 Å². The van der Waals surface area contributed by atoms with Gasteiger partial charge in [-0.1, -0.05) is 30.7 Å². The van der Waals surface area contributed by atoms with Crippen LogP contribution in [-0.2, 0) is 16.6 Å². The van der Waals surface area contributed by atoms with Crippen molar-refractivity contribution >= 4 is 27.4 Å². The van der Waals surface area contributed by atoms with Crippen molar-refractivity contribution in [3.63, 3.8) is 0 Å². The molecule has 1 aromatic heterocycles. The first-order valence-corrected chi connectivity index (χ1v) is 8.21. The molecule has 0 fully saturated rings. The van der Waals surface area contributed by atoms with Crippen molar-refractivity contribution in [2.24, 2.45) is 0 Å². The Labute approximate surface area is 129 Å². The van der Waals surface area contributed by atoms with Crippen molar-refractivity contribution in [3.05, 3.63) is 53.2 Å². The average Bonchev–Trinajstić information content (AvgIpc) is 2.45. The molecule has 2 N–H and O–H groups in total. The van der Waals surface area contributed by atoms with Crippen LogP contribution in [0.25, 0.3) is 0 Å². The van der Waals surface area contributed by atoms with E-state index in [-0.39, 0.29) is 17.3 Å². The smallest absolute Gasteiger partial charge is 0.244 e. The van der Waals surface area contributed by atoms with E-state index in [0.29, 0.717) is 11.6 Å². The minimum Gasteiger partial charge on any atom is -0.384 e. The van der Waals surface area contributed by atoms with Crippen molar-refractivity contribution in [2.75, 3.05) is 12.3 Å². The van der Waals surface area contributed by atoms with Gasteiger partial charge >= 0.3 is 0 Å². The van der Waals surface area contributed by atoms with E-state index >= 15 is 0 Å². The highest BCUT2D eigenvalue weighted by molar-refractivity contribution is 7.89. The van der Waals surface area contributed by atoms with Crippen LogP contribution in [0, 0.1) is 0 Å². The minimum atomic E-state index is -3.61.